The Morgan fingerprint density at radius 1 is 1.24 bits per heavy atom. The second-order valence-electron chi connectivity index (χ2n) is 4.88. The maximum Gasteiger partial charge on any atom is 0.0412 e. The van der Waals surface area contributed by atoms with Crippen LogP contribution in [0.2, 0.25) is 5.02 Å². The highest BCUT2D eigenvalue weighted by atomic mass is 35.5. The maximum atomic E-state index is 6.10. The summed E-state index contributed by atoms with van der Waals surface area (Å²) in [4.78, 5) is 1.22. The van der Waals surface area contributed by atoms with Gasteiger partial charge >= 0.3 is 0 Å². The third kappa shape index (κ3) is 2.71. The predicted molar refractivity (Wildman–Crippen MR) is 76.7 cm³/mol. The molecule has 90 valence electrons. The van der Waals surface area contributed by atoms with Crippen molar-refractivity contribution in [2.24, 2.45) is 5.73 Å². The van der Waals surface area contributed by atoms with Crippen molar-refractivity contribution in [1.29, 1.82) is 0 Å². The quantitative estimate of drug-likeness (QED) is 0.846. The van der Waals surface area contributed by atoms with Gasteiger partial charge in [0.25, 0.3) is 0 Å². The predicted octanol–water partition coefficient (Wildman–Crippen LogP) is 4.57. The lowest BCUT2D eigenvalue weighted by atomic mass is 9.97. The lowest BCUT2D eigenvalue weighted by Crippen LogP contribution is -2.27. The fourth-order valence-corrected chi connectivity index (χ4v) is 3.01. The van der Waals surface area contributed by atoms with Gasteiger partial charge in [-0.1, -0.05) is 17.7 Å². The molecule has 0 aliphatic rings. The van der Waals surface area contributed by atoms with Gasteiger partial charge in [-0.15, -0.1) is 11.3 Å². The van der Waals surface area contributed by atoms with Crippen LogP contribution in [0.1, 0.15) is 25.0 Å². The van der Waals surface area contributed by atoms with Crippen LogP contribution in [0.3, 0.4) is 0 Å². The molecule has 0 aliphatic carbocycles. The Morgan fingerprint density at radius 3 is 2.53 bits per heavy atom. The first-order valence-electron chi connectivity index (χ1n) is 5.52. The monoisotopic (exact) mass is 265 g/mol. The smallest absolute Gasteiger partial charge is 0.0412 e. The molecule has 2 N–H and O–H groups in total. The van der Waals surface area contributed by atoms with Gasteiger partial charge in [0.2, 0.25) is 0 Å². The van der Waals surface area contributed by atoms with Gasteiger partial charge in [-0.25, -0.2) is 0 Å². The van der Waals surface area contributed by atoms with Crippen LogP contribution in [0.4, 0.5) is 0 Å². The van der Waals surface area contributed by atoms with Crippen LogP contribution in [-0.2, 0) is 5.54 Å². The molecule has 1 aromatic heterocycles. The molecule has 0 fully saturated rings. The SMILES string of the molecule is Cc1ccc(Cl)cc1-c1cc(C(C)(C)N)cs1. The highest BCUT2D eigenvalue weighted by molar-refractivity contribution is 7.13. The third-order valence-electron chi connectivity index (χ3n) is 2.81. The Balaban J connectivity index is 2.47. The van der Waals surface area contributed by atoms with Gasteiger partial charge in [0, 0.05) is 15.4 Å². The van der Waals surface area contributed by atoms with E-state index in [1.165, 1.54) is 16.0 Å². The maximum absolute atomic E-state index is 6.10. The number of thiophene rings is 1. The van der Waals surface area contributed by atoms with Gasteiger partial charge in [-0.3, -0.25) is 0 Å². The number of nitrogens with two attached hydrogens (primary N) is 1. The largest absolute Gasteiger partial charge is 0.322 e. The first-order chi connectivity index (χ1) is 7.88. The van der Waals surface area contributed by atoms with Crippen molar-refractivity contribution in [1.82, 2.24) is 0 Å². The van der Waals surface area contributed by atoms with Crippen molar-refractivity contribution in [3.05, 3.63) is 45.8 Å². The van der Waals surface area contributed by atoms with Crippen LogP contribution < -0.4 is 5.73 Å². The zero-order valence-corrected chi connectivity index (χ0v) is 11.8. The highest BCUT2D eigenvalue weighted by Crippen LogP contribution is 2.34. The summed E-state index contributed by atoms with van der Waals surface area (Å²) in [6.07, 6.45) is 0. The third-order valence-corrected chi connectivity index (χ3v) is 4.01. The molecule has 3 heteroatoms. The van der Waals surface area contributed by atoms with Gasteiger partial charge < -0.3 is 5.73 Å². The first-order valence-corrected chi connectivity index (χ1v) is 6.78. The Labute approximate surface area is 111 Å². The van der Waals surface area contributed by atoms with E-state index in [1.807, 2.05) is 32.0 Å². The Morgan fingerprint density at radius 2 is 1.94 bits per heavy atom. The average molecular weight is 266 g/mol. The molecule has 1 nitrogen and oxygen atoms in total. The first kappa shape index (κ1) is 12.6. The Bertz CT molecular complexity index is 537. The molecule has 0 spiro atoms. The van der Waals surface area contributed by atoms with Crippen molar-refractivity contribution in [2.75, 3.05) is 0 Å². The van der Waals surface area contributed by atoms with E-state index in [0.717, 1.165) is 10.6 Å². The molecule has 2 aromatic rings. The van der Waals surface area contributed by atoms with Gasteiger partial charge in [-0.05, 0) is 61.0 Å². The zero-order valence-electron chi connectivity index (χ0n) is 10.3. The molecular formula is C14H16ClNS. The van der Waals surface area contributed by atoms with E-state index in [0.29, 0.717) is 0 Å². The van der Waals surface area contributed by atoms with Gasteiger partial charge in [0.15, 0.2) is 0 Å². The minimum atomic E-state index is -0.290. The van der Waals surface area contributed by atoms with E-state index in [2.05, 4.69) is 18.4 Å². The van der Waals surface area contributed by atoms with Crippen LogP contribution in [-0.4, -0.2) is 0 Å². The number of halogens is 1. The number of hydrogen-bond donors (Lipinski definition) is 1. The van der Waals surface area contributed by atoms with Crippen molar-refractivity contribution in [2.45, 2.75) is 26.3 Å². The van der Waals surface area contributed by atoms with Crippen molar-refractivity contribution < 1.29 is 0 Å². The van der Waals surface area contributed by atoms with Crippen LogP contribution >= 0.6 is 22.9 Å². The van der Waals surface area contributed by atoms with E-state index in [-0.39, 0.29) is 5.54 Å². The van der Waals surface area contributed by atoms with E-state index in [4.69, 9.17) is 17.3 Å². The summed E-state index contributed by atoms with van der Waals surface area (Å²) < 4.78 is 0. The molecule has 0 unspecified atom stereocenters. The molecule has 0 amide bonds. The van der Waals surface area contributed by atoms with Gasteiger partial charge in [0.1, 0.15) is 0 Å². The minimum absolute atomic E-state index is 0.290. The van der Waals surface area contributed by atoms with E-state index in [9.17, 15) is 0 Å². The lowest BCUT2D eigenvalue weighted by Gasteiger charge is -2.16. The van der Waals surface area contributed by atoms with Crippen LogP contribution in [0.15, 0.2) is 29.6 Å². The fraction of sp³-hybridized carbons (Fsp3) is 0.286. The van der Waals surface area contributed by atoms with Crippen LogP contribution in [0.25, 0.3) is 10.4 Å². The van der Waals surface area contributed by atoms with E-state index in [1.54, 1.807) is 11.3 Å². The highest BCUT2D eigenvalue weighted by Gasteiger charge is 2.17. The summed E-state index contributed by atoms with van der Waals surface area (Å²) in [7, 11) is 0. The summed E-state index contributed by atoms with van der Waals surface area (Å²) in [5.74, 6) is 0. The van der Waals surface area contributed by atoms with E-state index >= 15 is 0 Å². The standard InChI is InChI=1S/C14H16ClNS/c1-9-4-5-11(15)7-12(9)13-6-10(8-17-13)14(2,3)16/h4-8H,16H2,1-3H3. The summed E-state index contributed by atoms with van der Waals surface area (Å²) in [6.45, 7) is 6.13. The molecule has 17 heavy (non-hydrogen) atoms. The number of rotatable bonds is 2. The number of aryl methyl sites for hydroxylation is 1. The summed E-state index contributed by atoms with van der Waals surface area (Å²) >= 11 is 7.76. The summed E-state index contributed by atoms with van der Waals surface area (Å²) in [5, 5.41) is 2.89. The normalized spacial score (nSPS) is 11.8. The fourth-order valence-electron chi connectivity index (χ4n) is 1.68. The summed E-state index contributed by atoms with van der Waals surface area (Å²) in [6, 6.07) is 8.13. The van der Waals surface area contributed by atoms with Gasteiger partial charge in [-0.2, -0.15) is 0 Å². The molecule has 1 heterocycles. The molecule has 1 aromatic carbocycles. The van der Waals surface area contributed by atoms with Gasteiger partial charge in [0.05, 0.1) is 0 Å². The summed E-state index contributed by atoms with van der Waals surface area (Å²) in [5.41, 5.74) is 9.40. The van der Waals surface area contributed by atoms with Crippen molar-refractivity contribution >= 4 is 22.9 Å². The molecule has 0 radical (unpaired) electrons. The topological polar surface area (TPSA) is 26.0 Å². The Hall–Kier alpha value is -0.830. The molecule has 0 saturated carbocycles. The molecule has 0 aliphatic heterocycles. The van der Waals surface area contributed by atoms with Crippen molar-refractivity contribution in [3.8, 4) is 10.4 Å². The second-order valence-corrected chi connectivity index (χ2v) is 6.23. The minimum Gasteiger partial charge on any atom is -0.322 e. The van der Waals surface area contributed by atoms with E-state index < -0.39 is 0 Å². The second kappa shape index (κ2) is 4.45. The molecular weight excluding hydrogens is 250 g/mol. The molecule has 2 rings (SSSR count). The molecule has 0 bridgehead atoms. The number of hydrogen-bond acceptors (Lipinski definition) is 2. The van der Waals surface area contributed by atoms with Crippen molar-refractivity contribution in [3.63, 3.8) is 0 Å². The number of benzene rings is 1. The zero-order chi connectivity index (χ0) is 12.6. The molecule has 0 saturated heterocycles. The molecule has 0 atom stereocenters. The van der Waals surface area contributed by atoms with Crippen LogP contribution in [0.5, 0.6) is 0 Å². The lowest BCUT2D eigenvalue weighted by molar-refractivity contribution is 0.557. The average Bonchev–Trinajstić information content (AvgIpc) is 2.70. The Kier molecular flexibility index (Phi) is 3.30. The van der Waals surface area contributed by atoms with Crippen LogP contribution in [0, 0.1) is 6.92 Å².